The molecule has 1 saturated heterocycles. The predicted molar refractivity (Wildman–Crippen MR) is 77.2 cm³/mol. The molecule has 1 amide bonds. The van der Waals surface area contributed by atoms with Crippen LogP contribution >= 0.6 is 0 Å². The molecule has 0 spiro atoms. The molecule has 0 saturated carbocycles. The molecule has 0 aliphatic carbocycles. The number of sulfone groups is 1. The minimum Gasteiger partial charge on any atom is -0.397 e. The van der Waals surface area contributed by atoms with Gasteiger partial charge in [0.25, 0.3) is 5.91 Å². The number of carbonyl (C=O) groups is 1. The van der Waals surface area contributed by atoms with Gasteiger partial charge in [-0.25, -0.2) is 8.42 Å². The molecule has 1 atom stereocenters. The maximum absolute atomic E-state index is 12.1. The fourth-order valence-electron chi connectivity index (χ4n) is 2.47. The van der Waals surface area contributed by atoms with E-state index in [0.29, 0.717) is 17.8 Å². The number of para-hydroxylation sites is 1. The molecule has 1 aromatic carbocycles. The number of hydrogen-bond donors (Lipinski definition) is 3. The number of H-pyrrole nitrogens is 1. The monoisotopic (exact) mass is 293 g/mol. The predicted octanol–water partition coefficient (Wildman–Crippen LogP) is 0.667. The van der Waals surface area contributed by atoms with Crippen LogP contribution in [-0.4, -0.2) is 36.9 Å². The Morgan fingerprint density at radius 2 is 2.20 bits per heavy atom. The Bertz CT molecular complexity index is 779. The van der Waals surface area contributed by atoms with Crippen LogP contribution in [-0.2, 0) is 9.84 Å². The van der Waals surface area contributed by atoms with E-state index in [1.54, 1.807) is 12.1 Å². The van der Waals surface area contributed by atoms with Gasteiger partial charge in [-0.1, -0.05) is 12.1 Å². The normalized spacial score (nSPS) is 21.1. The first-order chi connectivity index (χ1) is 9.44. The zero-order chi connectivity index (χ0) is 14.3. The molecule has 106 valence electrons. The summed E-state index contributed by atoms with van der Waals surface area (Å²) in [4.78, 5) is 15.1. The van der Waals surface area contributed by atoms with Gasteiger partial charge in [0.2, 0.25) is 0 Å². The van der Waals surface area contributed by atoms with Gasteiger partial charge in [-0.2, -0.15) is 0 Å². The summed E-state index contributed by atoms with van der Waals surface area (Å²) in [6.07, 6.45) is 0.469. The number of rotatable bonds is 2. The number of aromatic nitrogens is 1. The maximum atomic E-state index is 12.1. The van der Waals surface area contributed by atoms with Crippen LogP contribution < -0.4 is 11.1 Å². The Morgan fingerprint density at radius 1 is 1.40 bits per heavy atom. The van der Waals surface area contributed by atoms with E-state index in [4.69, 9.17) is 5.73 Å². The van der Waals surface area contributed by atoms with E-state index in [9.17, 15) is 13.2 Å². The van der Waals surface area contributed by atoms with E-state index < -0.39 is 9.84 Å². The molecule has 2 aromatic rings. The molecule has 20 heavy (non-hydrogen) atoms. The molecule has 6 nitrogen and oxygen atoms in total. The molecular weight excluding hydrogens is 278 g/mol. The fourth-order valence-corrected chi connectivity index (χ4v) is 4.15. The summed E-state index contributed by atoms with van der Waals surface area (Å²) < 4.78 is 22.7. The molecule has 0 radical (unpaired) electrons. The Morgan fingerprint density at radius 3 is 2.85 bits per heavy atom. The minimum absolute atomic E-state index is 0.0150. The number of amides is 1. The van der Waals surface area contributed by atoms with E-state index in [-0.39, 0.29) is 23.5 Å². The van der Waals surface area contributed by atoms with Crippen molar-refractivity contribution in [3.05, 3.63) is 30.0 Å². The van der Waals surface area contributed by atoms with Gasteiger partial charge in [0, 0.05) is 11.4 Å². The van der Waals surface area contributed by atoms with E-state index in [2.05, 4.69) is 10.3 Å². The Labute approximate surface area is 116 Å². The van der Waals surface area contributed by atoms with Crippen molar-refractivity contribution in [2.75, 3.05) is 17.2 Å². The van der Waals surface area contributed by atoms with E-state index in [0.717, 1.165) is 10.9 Å². The van der Waals surface area contributed by atoms with Crippen LogP contribution in [0.5, 0.6) is 0 Å². The highest BCUT2D eigenvalue weighted by Crippen LogP contribution is 2.21. The highest BCUT2D eigenvalue weighted by atomic mass is 32.2. The van der Waals surface area contributed by atoms with Gasteiger partial charge in [-0.05, 0) is 18.6 Å². The number of hydrogen-bond acceptors (Lipinski definition) is 4. The van der Waals surface area contributed by atoms with Gasteiger partial charge in [0.15, 0.2) is 9.84 Å². The summed E-state index contributed by atoms with van der Waals surface area (Å²) >= 11 is 0. The van der Waals surface area contributed by atoms with Crippen molar-refractivity contribution >= 4 is 32.3 Å². The highest BCUT2D eigenvalue weighted by molar-refractivity contribution is 7.91. The van der Waals surface area contributed by atoms with E-state index in [1.165, 1.54) is 0 Å². The first-order valence-electron chi connectivity index (χ1n) is 6.33. The third-order valence-electron chi connectivity index (χ3n) is 3.50. The molecule has 4 N–H and O–H groups in total. The van der Waals surface area contributed by atoms with Crippen LogP contribution in [0.3, 0.4) is 0 Å². The SMILES string of the molecule is Nc1cccc2cc(C(=O)NC3CCS(=O)(=O)C3)[nH]c12. The molecule has 1 unspecified atom stereocenters. The lowest BCUT2D eigenvalue weighted by molar-refractivity contribution is 0.0937. The summed E-state index contributed by atoms with van der Waals surface area (Å²) in [5.74, 6) is -0.152. The van der Waals surface area contributed by atoms with Crippen LogP contribution in [0.2, 0.25) is 0 Å². The van der Waals surface area contributed by atoms with Crippen molar-refractivity contribution in [1.29, 1.82) is 0 Å². The standard InChI is InChI=1S/C13H15N3O3S/c14-10-3-1-2-8-6-11(16-12(8)10)13(17)15-9-4-5-20(18,19)7-9/h1-3,6,9,16H,4-5,7,14H2,(H,15,17). The van der Waals surface area contributed by atoms with Gasteiger partial charge < -0.3 is 16.0 Å². The molecular formula is C13H15N3O3S. The van der Waals surface area contributed by atoms with Gasteiger partial charge in [0.1, 0.15) is 5.69 Å². The first-order valence-corrected chi connectivity index (χ1v) is 8.15. The minimum atomic E-state index is -3.00. The van der Waals surface area contributed by atoms with Crippen molar-refractivity contribution in [3.63, 3.8) is 0 Å². The Kier molecular flexibility index (Phi) is 2.93. The van der Waals surface area contributed by atoms with Crippen LogP contribution in [0.1, 0.15) is 16.9 Å². The lowest BCUT2D eigenvalue weighted by Crippen LogP contribution is -2.35. The van der Waals surface area contributed by atoms with Gasteiger partial charge >= 0.3 is 0 Å². The second-order valence-corrected chi connectivity index (χ2v) is 7.30. The number of nitrogens with two attached hydrogens (primary N) is 1. The molecule has 1 fully saturated rings. The lowest BCUT2D eigenvalue weighted by atomic mass is 10.2. The quantitative estimate of drug-likeness (QED) is 0.707. The van der Waals surface area contributed by atoms with Crippen LogP contribution in [0.15, 0.2) is 24.3 Å². The number of anilines is 1. The highest BCUT2D eigenvalue weighted by Gasteiger charge is 2.29. The van der Waals surface area contributed by atoms with Crippen molar-refractivity contribution in [3.8, 4) is 0 Å². The summed E-state index contributed by atoms with van der Waals surface area (Å²) in [7, 11) is -3.00. The second kappa shape index (κ2) is 4.52. The molecule has 3 rings (SSSR count). The lowest BCUT2D eigenvalue weighted by Gasteiger charge is -2.09. The number of carbonyl (C=O) groups excluding carboxylic acids is 1. The fraction of sp³-hybridized carbons (Fsp3) is 0.308. The molecule has 0 bridgehead atoms. The van der Waals surface area contributed by atoms with Gasteiger partial charge in [-0.15, -0.1) is 0 Å². The van der Waals surface area contributed by atoms with Crippen molar-refractivity contribution in [2.24, 2.45) is 0 Å². The number of fused-ring (bicyclic) bond motifs is 1. The summed E-state index contributed by atoms with van der Waals surface area (Å²) in [6.45, 7) is 0. The number of nitrogens with one attached hydrogen (secondary N) is 2. The molecule has 2 heterocycles. The van der Waals surface area contributed by atoms with Gasteiger partial charge in [-0.3, -0.25) is 4.79 Å². The van der Waals surface area contributed by atoms with Crippen LogP contribution in [0.4, 0.5) is 5.69 Å². The maximum Gasteiger partial charge on any atom is 0.267 e. The number of benzene rings is 1. The first kappa shape index (κ1) is 13.0. The molecule has 1 aliphatic heterocycles. The molecule has 1 aliphatic rings. The summed E-state index contributed by atoms with van der Waals surface area (Å²) in [5, 5.41) is 3.60. The summed E-state index contributed by atoms with van der Waals surface area (Å²) in [6, 6.07) is 6.83. The van der Waals surface area contributed by atoms with E-state index >= 15 is 0 Å². The zero-order valence-corrected chi connectivity index (χ0v) is 11.5. The number of nitrogen functional groups attached to an aromatic ring is 1. The van der Waals surface area contributed by atoms with Crippen LogP contribution in [0, 0.1) is 0 Å². The average Bonchev–Trinajstić information content (AvgIpc) is 2.94. The van der Waals surface area contributed by atoms with Crippen molar-refractivity contribution < 1.29 is 13.2 Å². The Balaban J connectivity index is 1.81. The van der Waals surface area contributed by atoms with Crippen molar-refractivity contribution in [1.82, 2.24) is 10.3 Å². The second-order valence-electron chi connectivity index (χ2n) is 5.07. The third-order valence-corrected chi connectivity index (χ3v) is 5.27. The van der Waals surface area contributed by atoms with E-state index in [1.807, 2.05) is 12.1 Å². The van der Waals surface area contributed by atoms with Crippen molar-refractivity contribution in [2.45, 2.75) is 12.5 Å². The molecule has 7 heteroatoms. The summed E-state index contributed by atoms with van der Waals surface area (Å²) in [5.41, 5.74) is 7.51. The zero-order valence-electron chi connectivity index (χ0n) is 10.7. The Hall–Kier alpha value is -2.02. The van der Waals surface area contributed by atoms with Gasteiger partial charge in [0.05, 0.1) is 22.7 Å². The topological polar surface area (TPSA) is 105 Å². The van der Waals surface area contributed by atoms with Crippen LogP contribution in [0.25, 0.3) is 10.9 Å². The average molecular weight is 293 g/mol. The largest absolute Gasteiger partial charge is 0.397 e. The number of aromatic amines is 1. The molecule has 1 aromatic heterocycles. The smallest absolute Gasteiger partial charge is 0.267 e. The third kappa shape index (κ3) is 2.36.